The lowest BCUT2D eigenvalue weighted by Gasteiger charge is -2.25. The molecule has 0 aromatic rings. The fourth-order valence-corrected chi connectivity index (χ4v) is 3.97. The third-order valence-corrected chi connectivity index (χ3v) is 4.83. The van der Waals surface area contributed by atoms with Crippen molar-refractivity contribution in [2.45, 2.75) is 12.8 Å². The van der Waals surface area contributed by atoms with Crippen molar-refractivity contribution in [3.8, 4) is 0 Å². The van der Waals surface area contributed by atoms with Crippen molar-refractivity contribution in [2.75, 3.05) is 31.9 Å². The summed E-state index contributed by atoms with van der Waals surface area (Å²) in [5, 5.41) is 7.87. The number of amidine groups is 2. The van der Waals surface area contributed by atoms with E-state index in [-0.39, 0.29) is 24.8 Å². The van der Waals surface area contributed by atoms with Gasteiger partial charge in [-0.2, -0.15) is 0 Å². The van der Waals surface area contributed by atoms with E-state index in [9.17, 15) is 0 Å². The van der Waals surface area contributed by atoms with Gasteiger partial charge in [-0.3, -0.25) is 9.98 Å². The molecule has 0 fully saturated rings. The van der Waals surface area contributed by atoms with Gasteiger partial charge in [0.1, 0.15) is 0 Å². The van der Waals surface area contributed by atoms with Crippen molar-refractivity contribution in [3.05, 3.63) is 11.1 Å². The predicted molar refractivity (Wildman–Crippen MR) is 91.2 cm³/mol. The topological polar surface area (TPSA) is 40.0 Å². The quantitative estimate of drug-likeness (QED) is 0.838. The minimum absolute atomic E-state index is 0. The fraction of sp³-hybridized carbons (Fsp3) is 0.636. The first-order valence-electron chi connectivity index (χ1n) is 6.02. The van der Waals surface area contributed by atoms with Gasteiger partial charge in [0, 0.05) is 37.6 Å². The van der Waals surface area contributed by atoms with E-state index < -0.39 is 0 Å². The van der Waals surface area contributed by atoms with Crippen LogP contribution in [0.4, 0.5) is 0 Å². The summed E-state index contributed by atoms with van der Waals surface area (Å²) >= 11 is 3.57. The average Bonchev–Trinajstić information content (AvgIpc) is 2.81. The van der Waals surface area contributed by atoms with E-state index in [0.29, 0.717) is 0 Å². The van der Waals surface area contributed by atoms with Gasteiger partial charge in [0.15, 0.2) is 10.3 Å². The lowest BCUT2D eigenvalue weighted by Crippen LogP contribution is -2.31. The molecule has 0 bridgehead atoms. The number of fused-ring (bicyclic) bond motifs is 1. The zero-order valence-electron chi connectivity index (χ0n) is 10.5. The van der Waals surface area contributed by atoms with Crippen LogP contribution < -0.4 is 5.32 Å². The van der Waals surface area contributed by atoms with E-state index in [0.717, 1.165) is 43.5 Å². The predicted octanol–water partition coefficient (Wildman–Crippen LogP) is 2.56. The molecule has 3 aliphatic heterocycles. The third kappa shape index (κ3) is 4.21. The van der Waals surface area contributed by atoms with Crippen LogP contribution in [0.25, 0.3) is 0 Å². The second-order valence-electron chi connectivity index (χ2n) is 4.15. The Morgan fingerprint density at radius 1 is 1.26 bits per heavy atom. The summed E-state index contributed by atoms with van der Waals surface area (Å²) in [5.74, 6) is 0.998. The molecular formula is C11H18Cl2N4S2. The lowest BCUT2D eigenvalue weighted by atomic mass is 10.3. The Labute approximate surface area is 134 Å². The summed E-state index contributed by atoms with van der Waals surface area (Å²) in [5.41, 5.74) is 1.38. The summed E-state index contributed by atoms with van der Waals surface area (Å²) in [6.07, 6.45) is 2.33. The zero-order valence-corrected chi connectivity index (χ0v) is 13.8. The van der Waals surface area contributed by atoms with Gasteiger partial charge < -0.3 is 10.2 Å². The third-order valence-electron chi connectivity index (χ3n) is 2.89. The molecule has 0 spiro atoms. The molecule has 0 aromatic carbocycles. The standard InChI is InChI=1S/C11H16N4S2.2ClH/c1-3-12-10(13-4-1)16-7-9-8-17-11-14-5-2-6-15(9)11;;/h8H,1-7H2,(H,12,13);2*1H. The Kier molecular flexibility index (Phi) is 7.42. The number of thioether (sulfide) groups is 2. The van der Waals surface area contributed by atoms with Crippen LogP contribution in [-0.4, -0.2) is 47.2 Å². The number of nitrogens with zero attached hydrogens (tertiary/aromatic N) is 3. The van der Waals surface area contributed by atoms with Gasteiger partial charge in [0.2, 0.25) is 0 Å². The van der Waals surface area contributed by atoms with Crippen molar-refractivity contribution in [3.63, 3.8) is 0 Å². The highest BCUT2D eigenvalue weighted by atomic mass is 35.5. The molecule has 0 saturated carbocycles. The molecule has 3 aliphatic rings. The van der Waals surface area contributed by atoms with Gasteiger partial charge in [-0.1, -0.05) is 23.5 Å². The van der Waals surface area contributed by atoms with Gasteiger partial charge in [-0.05, 0) is 18.2 Å². The van der Waals surface area contributed by atoms with E-state index in [1.807, 2.05) is 11.8 Å². The highest BCUT2D eigenvalue weighted by Crippen LogP contribution is 2.30. The molecule has 4 nitrogen and oxygen atoms in total. The number of nitrogens with one attached hydrogen (secondary N) is 1. The maximum atomic E-state index is 4.53. The van der Waals surface area contributed by atoms with Crippen molar-refractivity contribution in [1.82, 2.24) is 10.2 Å². The second kappa shape index (κ2) is 8.29. The molecule has 108 valence electrons. The second-order valence-corrected chi connectivity index (χ2v) is 5.95. The number of rotatable bonds is 2. The average molecular weight is 341 g/mol. The fourth-order valence-electron chi connectivity index (χ4n) is 2.00. The van der Waals surface area contributed by atoms with Gasteiger partial charge in [-0.15, -0.1) is 24.8 Å². The Balaban J connectivity index is 0.000000902. The zero-order chi connectivity index (χ0) is 11.5. The largest absolute Gasteiger partial charge is 0.365 e. The number of hydrogen-bond acceptors (Lipinski definition) is 6. The summed E-state index contributed by atoms with van der Waals surface area (Å²) < 4.78 is 0. The highest BCUT2D eigenvalue weighted by molar-refractivity contribution is 8.17. The molecule has 0 aliphatic carbocycles. The van der Waals surface area contributed by atoms with Gasteiger partial charge >= 0.3 is 0 Å². The SMILES string of the molecule is C1=C(CSC2=NCCCN2)N2CCCN=C2S1.Cl.Cl. The molecule has 0 radical (unpaired) electrons. The van der Waals surface area contributed by atoms with Gasteiger partial charge in [0.05, 0.1) is 0 Å². The van der Waals surface area contributed by atoms with E-state index >= 15 is 0 Å². The monoisotopic (exact) mass is 340 g/mol. The molecule has 0 amide bonds. The van der Waals surface area contributed by atoms with E-state index in [1.165, 1.54) is 17.3 Å². The van der Waals surface area contributed by atoms with Crippen LogP contribution in [0.3, 0.4) is 0 Å². The van der Waals surface area contributed by atoms with Gasteiger partial charge in [-0.25, -0.2) is 0 Å². The van der Waals surface area contributed by atoms with E-state index in [4.69, 9.17) is 0 Å². The van der Waals surface area contributed by atoms with Crippen LogP contribution in [0.2, 0.25) is 0 Å². The first-order valence-corrected chi connectivity index (χ1v) is 7.89. The van der Waals surface area contributed by atoms with E-state index in [2.05, 4.69) is 25.6 Å². The molecule has 19 heavy (non-hydrogen) atoms. The minimum atomic E-state index is 0. The molecule has 0 aromatic heterocycles. The molecule has 3 heterocycles. The van der Waals surface area contributed by atoms with Crippen molar-refractivity contribution >= 4 is 58.7 Å². The molecule has 0 saturated heterocycles. The van der Waals surface area contributed by atoms with Crippen molar-refractivity contribution in [1.29, 1.82) is 0 Å². The Hall–Kier alpha value is -0.0400. The summed E-state index contributed by atoms with van der Waals surface area (Å²) in [7, 11) is 0. The lowest BCUT2D eigenvalue weighted by molar-refractivity contribution is 0.491. The molecule has 0 atom stereocenters. The normalized spacial score (nSPS) is 21.1. The highest BCUT2D eigenvalue weighted by Gasteiger charge is 2.24. The van der Waals surface area contributed by atoms with Crippen LogP contribution in [-0.2, 0) is 0 Å². The maximum absolute atomic E-state index is 4.53. The molecule has 3 rings (SSSR count). The Morgan fingerprint density at radius 3 is 2.89 bits per heavy atom. The van der Waals surface area contributed by atoms with Crippen LogP contribution >= 0.6 is 48.3 Å². The van der Waals surface area contributed by atoms with Crippen LogP contribution in [0.15, 0.2) is 21.1 Å². The van der Waals surface area contributed by atoms with E-state index in [1.54, 1.807) is 11.8 Å². The molecule has 1 N–H and O–H groups in total. The smallest absolute Gasteiger partial charge is 0.167 e. The van der Waals surface area contributed by atoms with Gasteiger partial charge in [0.25, 0.3) is 0 Å². The van der Waals surface area contributed by atoms with Crippen LogP contribution in [0.1, 0.15) is 12.8 Å². The number of halogens is 2. The summed E-state index contributed by atoms with van der Waals surface area (Å²) in [6.45, 7) is 4.15. The molecule has 8 heteroatoms. The Morgan fingerprint density at radius 2 is 2.11 bits per heavy atom. The molecular weight excluding hydrogens is 323 g/mol. The molecule has 0 unspecified atom stereocenters. The van der Waals surface area contributed by atoms with Crippen LogP contribution in [0.5, 0.6) is 0 Å². The number of hydrogen-bond donors (Lipinski definition) is 1. The van der Waals surface area contributed by atoms with Crippen molar-refractivity contribution < 1.29 is 0 Å². The minimum Gasteiger partial charge on any atom is -0.365 e. The summed E-state index contributed by atoms with van der Waals surface area (Å²) in [6, 6.07) is 0. The maximum Gasteiger partial charge on any atom is 0.167 e. The first-order chi connectivity index (χ1) is 8.43. The number of aliphatic imine (C=N–C) groups is 2. The Bertz CT molecular complexity index is 398. The van der Waals surface area contributed by atoms with Crippen molar-refractivity contribution in [2.24, 2.45) is 9.98 Å². The first kappa shape index (κ1) is 17.0. The summed E-state index contributed by atoms with van der Waals surface area (Å²) in [4.78, 5) is 11.4. The van der Waals surface area contributed by atoms with Crippen LogP contribution in [0, 0.1) is 0 Å².